The van der Waals surface area contributed by atoms with Gasteiger partial charge in [0.05, 0.1) is 6.54 Å². The Balaban J connectivity index is 1.36. The molecular formula is C21H23N5O2. The van der Waals surface area contributed by atoms with E-state index in [1.165, 1.54) is 17.1 Å². The average molecular weight is 377 g/mol. The second-order valence-electron chi connectivity index (χ2n) is 7.04. The van der Waals surface area contributed by atoms with E-state index in [9.17, 15) is 9.59 Å². The minimum Gasteiger partial charge on any atom is -0.340 e. The SMILES string of the molecule is O=C(CCn1cncn1)N1CCC(=O)N(Cc2ccc3ccccc3c2)CC1. The molecule has 2 amide bonds. The molecule has 1 fully saturated rings. The van der Waals surface area contributed by atoms with Crippen molar-refractivity contribution in [3.8, 4) is 0 Å². The summed E-state index contributed by atoms with van der Waals surface area (Å²) < 4.78 is 1.65. The zero-order chi connectivity index (χ0) is 19.3. The molecule has 1 aromatic heterocycles. The number of fused-ring (bicyclic) bond motifs is 1. The van der Waals surface area contributed by atoms with Crippen molar-refractivity contribution in [2.75, 3.05) is 19.6 Å². The molecular weight excluding hydrogens is 354 g/mol. The van der Waals surface area contributed by atoms with Gasteiger partial charge in [0.1, 0.15) is 12.7 Å². The Morgan fingerprint density at radius 3 is 2.71 bits per heavy atom. The van der Waals surface area contributed by atoms with Gasteiger partial charge in [-0.3, -0.25) is 14.3 Å². The molecule has 7 heteroatoms. The Labute approximate surface area is 163 Å². The van der Waals surface area contributed by atoms with Crippen LogP contribution in [0.5, 0.6) is 0 Å². The van der Waals surface area contributed by atoms with E-state index in [0.717, 1.165) is 5.56 Å². The third kappa shape index (κ3) is 4.19. The van der Waals surface area contributed by atoms with Gasteiger partial charge in [-0.25, -0.2) is 4.98 Å². The quantitative estimate of drug-likeness (QED) is 0.683. The van der Waals surface area contributed by atoms with Gasteiger partial charge in [0, 0.05) is 39.0 Å². The topological polar surface area (TPSA) is 71.3 Å². The van der Waals surface area contributed by atoms with Crippen LogP contribution in [0.4, 0.5) is 0 Å². The van der Waals surface area contributed by atoms with Crippen molar-refractivity contribution in [3.05, 3.63) is 60.7 Å². The van der Waals surface area contributed by atoms with Crippen molar-refractivity contribution >= 4 is 22.6 Å². The summed E-state index contributed by atoms with van der Waals surface area (Å²) in [6.45, 7) is 2.67. The Kier molecular flexibility index (Phi) is 5.32. The number of carbonyl (C=O) groups excluding carboxylic acids is 2. The lowest BCUT2D eigenvalue weighted by Gasteiger charge is -2.22. The largest absolute Gasteiger partial charge is 0.340 e. The van der Waals surface area contributed by atoms with Crippen molar-refractivity contribution in [3.63, 3.8) is 0 Å². The maximum atomic E-state index is 12.6. The number of rotatable bonds is 5. The lowest BCUT2D eigenvalue weighted by molar-refractivity contribution is -0.131. The Morgan fingerprint density at radius 1 is 1.04 bits per heavy atom. The zero-order valence-corrected chi connectivity index (χ0v) is 15.7. The maximum absolute atomic E-state index is 12.6. The van der Waals surface area contributed by atoms with Gasteiger partial charge in [0.15, 0.2) is 0 Å². The molecule has 0 aliphatic carbocycles. The number of nitrogens with zero attached hydrogens (tertiary/aromatic N) is 5. The van der Waals surface area contributed by atoms with Crippen LogP contribution in [-0.4, -0.2) is 56.0 Å². The Hall–Kier alpha value is -3.22. The molecule has 144 valence electrons. The van der Waals surface area contributed by atoms with Crippen LogP contribution in [-0.2, 0) is 22.7 Å². The molecule has 2 aromatic carbocycles. The monoisotopic (exact) mass is 377 g/mol. The molecule has 0 saturated carbocycles. The van der Waals surface area contributed by atoms with Gasteiger partial charge in [-0.2, -0.15) is 5.10 Å². The number of aromatic nitrogens is 3. The highest BCUT2D eigenvalue weighted by Gasteiger charge is 2.23. The first-order chi connectivity index (χ1) is 13.7. The standard InChI is InChI=1S/C21H23N5O2/c27-20(8-10-26-16-22-15-23-26)24-9-7-21(28)25(12-11-24)14-17-5-6-18-3-1-2-4-19(18)13-17/h1-6,13,15-16H,7-12,14H2. The van der Waals surface area contributed by atoms with E-state index in [4.69, 9.17) is 0 Å². The third-order valence-corrected chi connectivity index (χ3v) is 5.15. The summed E-state index contributed by atoms with van der Waals surface area (Å²) in [4.78, 5) is 32.6. The lowest BCUT2D eigenvalue weighted by Crippen LogP contribution is -2.36. The van der Waals surface area contributed by atoms with E-state index < -0.39 is 0 Å². The summed E-state index contributed by atoms with van der Waals surface area (Å²) >= 11 is 0. The molecule has 0 N–H and O–H groups in total. The molecule has 1 aliphatic rings. The van der Waals surface area contributed by atoms with Crippen molar-refractivity contribution < 1.29 is 9.59 Å². The minimum absolute atomic E-state index is 0.0517. The molecule has 0 unspecified atom stereocenters. The van der Waals surface area contributed by atoms with Crippen molar-refractivity contribution in [1.29, 1.82) is 0 Å². The van der Waals surface area contributed by atoms with Crippen LogP contribution in [0.3, 0.4) is 0 Å². The van der Waals surface area contributed by atoms with Crippen molar-refractivity contribution in [2.45, 2.75) is 25.9 Å². The van der Waals surface area contributed by atoms with Gasteiger partial charge in [-0.1, -0.05) is 36.4 Å². The average Bonchev–Trinajstić information content (AvgIpc) is 3.17. The normalized spacial score (nSPS) is 15.1. The second kappa shape index (κ2) is 8.21. The van der Waals surface area contributed by atoms with Crippen LogP contribution in [0, 0.1) is 0 Å². The van der Waals surface area contributed by atoms with Crippen molar-refractivity contribution in [2.24, 2.45) is 0 Å². The highest BCUT2D eigenvalue weighted by atomic mass is 16.2. The van der Waals surface area contributed by atoms with Crippen molar-refractivity contribution in [1.82, 2.24) is 24.6 Å². The summed E-state index contributed by atoms with van der Waals surface area (Å²) in [7, 11) is 0. The van der Waals surface area contributed by atoms with E-state index in [-0.39, 0.29) is 11.8 Å². The Bertz CT molecular complexity index is 970. The van der Waals surface area contributed by atoms with E-state index in [2.05, 4.69) is 40.4 Å². The number of hydrogen-bond donors (Lipinski definition) is 0. The summed E-state index contributed by atoms with van der Waals surface area (Å²) in [6.07, 6.45) is 3.79. The molecule has 0 atom stereocenters. The second-order valence-corrected chi connectivity index (χ2v) is 7.04. The van der Waals surface area contributed by atoms with E-state index >= 15 is 0 Å². The van der Waals surface area contributed by atoms with Gasteiger partial charge >= 0.3 is 0 Å². The van der Waals surface area contributed by atoms with E-state index in [0.29, 0.717) is 45.6 Å². The van der Waals surface area contributed by atoms with Crippen LogP contribution < -0.4 is 0 Å². The van der Waals surface area contributed by atoms with E-state index in [1.807, 2.05) is 17.0 Å². The highest BCUT2D eigenvalue weighted by Crippen LogP contribution is 2.18. The van der Waals surface area contributed by atoms with E-state index in [1.54, 1.807) is 15.9 Å². The first kappa shape index (κ1) is 18.2. The lowest BCUT2D eigenvalue weighted by atomic mass is 10.1. The first-order valence-corrected chi connectivity index (χ1v) is 9.55. The van der Waals surface area contributed by atoms with Crippen LogP contribution in [0.2, 0.25) is 0 Å². The van der Waals surface area contributed by atoms with Gasteiger partial charge in [-0.05, 0) is 22.4 Å². The molecule has 0 spiro atoms. The molecule has 2 heterocycles. The number of aryl methyl sites for hydroxylation is 1. The molecule has 1 saturated heterocycles. The van der Waals surface area contributed by atoms with Crippen LogP contribution in [0.25, 0.3) is 10.8 Å². The molecule has 4 rings (SSSR count). The summed E-state index contributed by atoms with van der Waals surface area (Å²) in [5.41, 5.74) is 1.11. The molecule has 28 heavy (non-hydrogen) atoms. The minimum atomic E-state index is 0.0517. The Morgan fingerprint density at radius 2 is 1.89 bits per heavy atom. The summed E-state index contributed by atoms with van der Waals surface area (Å²) in [5, 5.41) is 6.38. The highest BCUT2D eigenvalue weighted by molar-refractivity contribution is 5.83. The fourth-order valence-corrected chi connectivity index (χ4v) is 3.56. The van der Waals surface area contributed by atoms with Gasteiger partial charge in [0.2, 0.25) is 11.8 Å². The van der Waals surface area contributed by atoms with Crippen LogP contribution in [0.15, 0.2) is 55.1 Å². The van der Waals surface area contributed by atoms with Crippen LogP contribution >= 0.6 is 0 Å². The molecule has 7 nitrogen and oxygen atoms in total. The molecule has 0 radical (unpaired) electrons. The molecule has 3 aromatic rings. The fourth-order valence-electron chi connectivity index (χ4n) is 3.56. The van der Waals surface area contributed by atoms with Gasteiger partial charge in [0.25, 0.3) is 0 Å². The smallest absolute Gasteiger partial charge is 0.224 e. The number of hydrogen-bond acceptors (Lipinski definition) is 4. The van der Waals surface area contributed by atoms with Gasteiger partial charge in [-0.15, -0.1) is 0 Å². The first-order valence-electron chi connectivity index (χ1n) is 9.55. The predicted octanol–water partition coefficient (Wildman–Crippen LogP) is 2.08. The number of carbonyl (C=O) groups is 2. The fraction of sp³-hybridized carbons (Fsp3) is 0.333. The third-order valence-electron chi connectivity index (χ3n) is 5.15. The van der Waals surface area contributed by atoms with Gasteiger partial charge < -0.3 is 9.80 Å². The maximum Gasteiger partial charge on any atom is 0.224 e. The predicted molar refractivity (Wildman–Crippen MR) is 105 cm³/mol. The molecule has 0 bridgehead atoms. The number of amides is 2. The van der Waals surface area contributed by atoms with Crippen LogP contribution in [0.1, 0.15) is 18.4 Å². The molecule has 1 aliphatic heterocycles. The summed E-state index contributed by atoms with van der Waals surface area (Å²) in [6, 6.07) is 14.5. The summed E-state index contributed by atoms with van der Waals surface area (Å²) in [5.74, 6) is 0.149. The number of benzene rings is 2. The zero-order valence-electron chi connectivity index (χ0n) is 15.7.